The summed E-state index contributed by atoms with van der Waals surface area (Å²) in [6.45, 7) is 5.92. The Morgan fingerprint density at radius 3 is 2.55 bits per heavy atom. The highest BCUT2D eigenvalue weighted by Gasteiger charge is 2.16. The van der Waals surface area contributed by atoms with Crippen molar-refractivity contribution in [2.24, 2.45) is 0 Å². The standard InChI is InChI=1S/C23H18Cl2N2O2/c1-12-7-8-15(9-13(12)2)22(28)26-19-6-4-5-17(14(19)3)23-27-20-11-16(24)10-18(25)21(20)29-23/h4-11H,1-3H3,(H,26,28). The van der Waals surface area contributed by atoms with Crippen LogP contribution in [-0.2, 0) is 0 Å². The van der Waals surface area contributed by atoms with Gasteiger partial charge in [0, 0.05) is 21.8 Å². The lowest BCUT2D eigenvalue weighted by atomic mass is 10.0. The van der Waals surface area contributed by atoms with Gasteiger partial charge in [0.25, 0.3) is 5.91 Å². The van der Waals surface area contributed by atoms with Gasteiger partial charge in [0.2, 0.25) is 5.89 Å². The number of anilines is 1. The predicted molar refractivity (Wildman–Crippen MR) is 118 cm³/mol. The van der Waals surface area contributed by atoms with Gasteiger partial charge in [-0.3, -0.25) is 4.79 Å². The van der Waals surface area contributed by atoms with E-state index in [9.17, 15) is 4.79 Å². The number of aromatic nitrogens is 1. The monoisotopic (exact) mass is 424 g/mol. The van der Waals surface area contributed by atoms with Crippen LogP contribution >= 0.6 is 23.2 Å². The molecule has 0 saturated carbocycles. The number of oxazole rings is 1. The summed E-state index contributed by atoms with van der Waals surface area (Å²) in [6, 6.07) is 14.6. The molecule has 4 rings (SSSR count). The molecule has 0 radical (unpaired) electrons. The molecule has 0 saturated heterocycles. The van der Waals surface area contributed by atoms with Crippen molar-refractivity contribution in [3.05, 3.63) is 80.8 Å². The van der Waals surface area contributed by atoms with Crippen molar-refractivity contribution >= 4 is 45.9 Å². The molecular formula is C23H18Cl2N2O2. The van der Waals surface area contributed by atoms with Crippen molar-refractivity contribution < 1.29 is 9.21 Å². The number of halogens is 2. The molecule has 4 aromatic rings. The summed E-state index contributed by atoms with van der Waals surface area (Å²) in [5, 5.41) is 3.88. The van der Waals surface area contributed by atoms with Gasteiger partial charge in [0.15, 0.2) is 5.58 Å². The SMILES string of the molecule is Cc1ccc(C(=O)Nc2cccc(-c3nc4cc(Cl)cc(Cl)c4o3)c2C)cc1C. The average molecular weight is 425 g/mol. The minimum absolute atomic E-state index is 0.166. The molecule has 0 aliphatic heterocycles. The Morgan fingerprint density at radius 1 is 1.00 bits per heavy atom. The number of nitrogens with one attached hydrogen (secondary N) is 1. The van der Waals surface area contributed by atoms with Crippen LogP contribution in [0.5, 0.6) is 0 Å². The van der Waals surface area contributed by atoms with E-state index < -0.39 is 0 Å². The molecule has 146 valence electrons. The van der Waals surface area contributed by atoms with Crippen LogP contribution in [0.15, 0.2) is 52.9 Å². The zero-order valence-corrected chi connectivity index (χ0v) is 17.7. The van der Waals surface area contributed by atoms with Crippen LogP contribution < -0.4 is 5.32 Å². The first-order chi connectivity index (χ1) is 13.8. The number of amides is 1. The zero-order valence-electron chi connectivity index (χ0n) is 16.1. The molecule has 3 aromatic carbocycles. The smallest absolute Gasteiger partial charge is 0.255 e. The van der Waals surface area contributed by atoms with Crippen LogP contribution in [0.25, 0.3) is 22.6 Å². The number of rotatable bonds is 3. The zero-order chi connectivity index (χ0) is 20.7. The fourth-order valence-corrected chi connectivity index (χ4v) is 3.68. The average Bonchev–Trinajstić information content (AvgIpc) is 3.09. The van der Waals surface area contributed by atoms with Crippen LogP contribution in [0, 0.1) is 20.8 Å². The maximum Gasteiger partial charge on any atom is 0.255 e. The Bertz CT molecular complexity index is 1260. The third-order valence-corrected chi connectivity index (χ3v) is 5.49. The van der Waals surface area contributed by atoms with E-state index in [0.29, 0.717) is 38.3 Å². The lowest BCUT2D eigenvalue weighted by molar-refractivity contribution is 0.102. The van der Waals surface area contributed by atoms with Gasteiger partial charge in [-0.2, -0.15) is 0 Å². The molecule has 1 amide bonds. The minimum Gasteiger partial charge on any atom is -0.434 e. The quantitative estimate of drug-likeness (QED) is 0.385. The van der Waals surface area contributed by atoms with Gasteiger partial charge >= 0.3 is 0 Å². The molecule has 1 N–H and O–H groups in total. The molecule has 0 aliphatic carbocycles. The number of hydrogen-bond acceptors (Lipinski definition) is 3. The summed E-state index contributed by atoms with van der Waals surface area (Å²) in [7, 11) is 0. The summed E-state index contributed by atoms with van der Waals surface area (Å²) in [5.41, 5.74) is 6.21. The van der Waals surface area contributed by atoms with Gasteiger partial charge in [-0.1, -0.05) is 35.3 Å². The lowest BCUT2D eigenvalue weighted by Gasteiger charge is -2.11. The third kappa shape index (κ3) is 3.74. The van der Waals surface area contributed by atoms with Crippen molar-refractivity contribution in [3.63, 3.8) is 0 Å². The fourth-order valence-electron chi connectivity index (χ4n) is 3.15. The Balaban J connectivity index is 1.70. The summed E-state index contributed by atoms with van der Waals surface area (Å²) in [5.74, 6) is 0.254. The normalized spacial score (nSPS) is 11.1. The van der Waals surface area contributed by atoms with Gasteiger partial charge in [-0.25, -0.2) is 4.98 Å². The molecule has 0 fully saturated rings. The third-order valence-electron chi connectivity index (χ3n) is 4.99. The fraction of sp³-hybridized carbons (Fsp3) is 0.130. The number of benzene rings is 3. The van der Waals surface area contributed by atoms with E-state index in [0.717, 1.165) is 22.3 Å². The van der Waals surface area contributed by atoms with Crippen LogP contribution in [0.1, 0.15) is 27.0 Å². The number of carbonyl (C=O) groups excluding carboxylic acids is 1. The van der Waals surface area contributed by atoms with Crippen molar-refractivity contribution in [1.82, 2.24) is 4.98 Å². The van der Waals surface area contributed by atoms with Crippen LogP contribution in [0.4, 0.5) is 5.69 Å². The first-order valence-electron chi connectivity index (χ1n) is 9.07. The molecule has 0 unspecified atom stereocenters. The topological polar surface area (TPSA) is 55.1 Å². The Morgan fingerprint density at radius 2 is 1.79 bits per heavy atom. The molecule has 4 nitrogen and oxygen atoms in total. The Kier molecular flexibility index (Phi) is 5.07. The van der Waals surface area contributed by atoms with E-state index in [1.807, 2.05) is 57.2 Å². The molecular weight excluding hydrogens is 407 g/mol. The van der Waals surface area contributed by atoms with Crippen molar-refractivity contribution in [3.8, 4) is 11.5 Å². The first kappa shape index (κ1) is 19.5. The number of nitrogens with zero attached hydrogens (tertiary/aromatic N) is 1. The molecule has 0 bridgehead atoms. The summed E-state index contributed by atoms with van der Waals surface area (Å²) in [4.78, 5) is 17.2. The first-order valence-corrected chi connectivity index (χ1v) is 9.83. The largest absolute Gasteiger partial charge is 0.434 e. The molecule has 1 heterocycles. The number of hydrogen-bond donors (Lipinski definition) is 1. The van der Waals surface area contributed by atoms with Crippen molar-refractivity contribution in [2.45, 2.75) is 20.8 Å². The molecule has 0 aliphatic rings. The van der Waals surface area contributed by atoms with Gasteiger partial charge in [-0.05, 0) is 73.9 Å². The molecule has 29 heavy (non-hydrogen) atoms. The minimum atomic E-state index is -0.166. The van der Waals surface area contributed by atoms with Gasteiger partial charge in [0.1, 0.15) is 5.52 Å². The van der Waals surface area contributed by atoms with Gasteiger partial charge in [-0.15, -0.1) is 0 Å². The van der Waals surface area contributed by atoms with Crippen molar-refractivity contribution in [2.75, 3.05) is 5.32 Å². The van der Waals surface area contributed by atoms with E-state index in [1.54, 1.807) is 12.1 Å². The van der Waals surface area contributed by atoms with E-state index in [1.165, 1.54) is 0 Å². The molecule has 0 spiro atoms. The van der Waals surface area contributed by atoms with Crippen LogP contribution in [0.2, 0.25) is 10.0 Å². The molecule has 6 heteroatoms. The maximum atomic E-state index is 12.7. The van der Waals surface area contributed by atoms with E-state index in [2.05, 4.69) is 10.3 Å². The summed E-state index contributed by atoms with van der Waals surface area (Å²) in [6.07, 6.45) is 0. The number of fused-ring (bicyclic) bond motifs is 1. The van der Waals surface area contributed by atoms with Crippen LogP contribution in [-0.4, -0.2) is 10.9 Å². The highest BCUT2D eigenvalue weighted by atomic mass is 35.5. The van der Waals surface area contributed by atoms with Crippen LogP contribution in [0.3, 0.4) is 0 Å². The number of aryl methyl sites for hydroxylation is 2. The van der Waals surface area contributed by atoms with Crippen molar-refractivity contribution in [1.29, 1.82) is 0 Å². The second-order valence-corrected chi connectivity index (χ2v) is 7.83. The van der Waals surface area contributed by atoms with E-state index in [-0.39, 0.29) is 5.91 Å². The predicted octanol–water partition coefficient (Wildman–Crippen LogP) is 6.98. The van der Waals surface area contributed by atoms with E-state index >= 15 is 0 Å². The molecule has 1 aromatic heterocycles. The highest BCUT2D eigenvalue weighted by molar-refractivity contribution is 6.38. The molecule has 0 atom stereocenters. The number of carbonyl (C=O) groups is 1. The highest BCUT2D eigenvalue weighted by Crippen LogP contribution is 2.34. The lowest BCUT2D eigenvalue weighted by Crippen LogP contribution is -2.13. The summed E-state index contributed by atoms with van der Waals surface area (Å²) < 4.78 is 5.88. The van der Waals surface area contributed by atoms with Gasteiger partial charge in [0.05, 0.1) is 5.02 Å². The van der Waals surface area contributed by atoms with Gasteiger partial charge < -0.3 is 9.73 Å². The van der Waals surface area contributed by atoms with E-state index in [4.69, 9.17) is 27.6 Å². The Hall–Kier alpha value is -2.82. The maximum absolute atomic E-state index is 12.7. The Labute approximate surface area is 178 Å². The second-order valence-electron chi connectivity index (χ2n) is 6.99. The summed E-state index contributed by atoms with van der Waals surface area (Å²) >= 11 is 12.3. The second kappa shape index (κ2) is 7.54.